The molecule has 0 aliphatic rings. The van der Waals surface area contributed by atoms with Gasteiger partial charge in [0.1, 0.15) is 0 Å². The quantitative estimate of drug-likeness (QED) is 0.597. The zero-order valence-corrected chi connectivity index (χ0v) is 13.7. The second-order valence-electron chi connectivity index (χ2n) is 4.93. The smallest absolute Gasteiger partial charge is 0.338 e. The molecule has 0 N–H and O–H groups in total. The van der Waals surface area contributed by atoms with E-state index in [1.54, 1.807) is 28.4 Å². The third-order valence-electron chi connectivity index (χ3n) is 3.10. The molecule has 0 spiro atoms. The predicted molar refractivity (Wildman–Crippen MR) is 81.1 cm³/mol. The molecule has 0 saturated heterocycles. The van der Waals surface area contributed by atoms with E-state index < -0.39 is 7.44 Å². The van der Waals surface area contributed by atoms with Crippen molar-refractivity contribution >= 4 is 13.4 Å². The number of carbonyl (C=O) groups excluding carboxylic acids is 1. The van der Waals surface area contributed by atoms with Crippen LogP contribution in [-0.4, -0.2) is 50.1 Å². The first-order valence-electron chi connectivity index (χ1n) is 6.52. The van der Waals surface area contributed by atoms with Crippen molar-refractivity contribution in [1.82, 2.24) is 9.34 Å². The zero-order valence-electron chi connectivity index (χ0n) is 12.8. The molecule has 0 aliphatic heterocycles. The summed E-state index contributed by atoms with van der Waals surface area (Å²) in [5.74, 6) is -0.331. The SMILES string of the molecule is CCOC(=O)c1ccc(CP(=O)(N(C)C)N(C)C)cc1. The van der Waals surface area contributed by atoms with E-state index in [1.807, 2.05) is 40.3 Å². The summed E-state index contributed by atoms with van der Waals surface area (Å²) in [7, 11) is 4.67. The van der Waals surface area contributed by atoms with Crippen molar-refractivity contribution in [1.29, 1.82) is 0 Å². The second-order valence-corrected chi connectivity index (χ2v) is 8.18. The van der Waals surface area contributed by atoms with Crippen LogP contribution >= 0.6 is 7.44 Å². The van der Waals surface area contributed by atoms with Crippen LogP contribution in [0.4, 0.5) is 0 Å². The van der Waals surface area contributed by atoms with Crippen LogP contribution in [0, 0.1) is 0 Å². The first kappa shape index (κ1) is 16.9. The van der Waals surface area contributed by atoms with Gasteiger partial charge >= 0.3 is 5.97 Å². The summed E-state index contributed by atoms with van der Waals surface area (Å²) in [6, 6.07) is 7.07. The number of carbonyl (C=O) groups is 1. The third-order valence-corrected chi connectivity index (χ3v) is 6.38. The Balaban J connectivity index is 2.89. The van der Waals surface area contributed by atoms with Gasteiger partial charge in [-0.15, -0.1) is 0 Å². The van der Waals surface area contributed by atoms with E-state index in [9.17, 15) is 9.36 Å². The molecule has 0 aromatic heterocycles. The Bertz CT molecular complexity index is 486. The largest absolute Gasteiger partial charge is 0.462 e. The van der Waals surface area contributed by atoms with Crippen LogP contribution in [0.15, 0.2) is 24.3 Å². The molecule has 5 nitrogen and oxygen atoms in total. The number of ether oxygens (including phenoxy) is 1. The van der Waals surface area contributed by atoms with Crippen LogP contribution in [0.2, 0.25) is 0 Å². The Kier molecular flexibility index (Phi) is 5.93. The fraction of sp³-hybridized carbons (Fsp3) is 0.500. The summed E-state index contributed by atoms with van der Waals surface area (Å²) in [6.45, 7) is 2.13. The van der Waals surface area contributed by atoms with Gasteiger partial charge in [0, 0.05) is 0 Å². The second kappa shape index (κ2) is 7.02. The number of esters is 1. The molecule has 0 fully saturated rings. The molecule has 0 saturated carbocycles. The van der Waals surface area contributed by atoms with E-state index in [0.717, 1.165) is 5.56 Å². The van der Waals surface area contributed by atoms with Gasteiger partial charge in [-0.05, 0) is 52.8 Å². The molecule has 0 radical (unpaired) electrons. The molecule has 0 aliphatic carbocycles. The maximum absolute atomic E-state index is 12.9. The Morgan fingerprint density at radius 2 is 1.60 bits per heavy atom. The molecule has 6 heteroatoms. The molecule has 1 rings (SSSR count). The Morgan fingerprint density at radius 3 is 2.00 bits per heavy atom. The van der Waals surface area contributed by atoms with Gasteiger partial charge in [-0.1, -0.05) is 12.1 Å². The molecule has 0 heterocycles. The molecular formula is C14H23N2O3P. The van der Waals surface area contributed by atoms with E-state index in [1.165, 1.54) is 0 Å². The average Bonchev–Trinajstić information content (AvgIpc) is 2.39. The van der Waals surface area contributed by atoms with Gasteiger partial charge in [0.25, 0.3) is 0 Å². The van der Waals surface area contributed by atoms with Crippen molar-refractivity contribution in [3.63, 3.8) is 0 Å². The standard InChI is InChI=1S/C14H23N2O3P/c1-6-19-14(17)13-9-7-12(8-10-13)11-20(18,15(2)3)16(4)5/h7-10H,6,11H2,1-5H3. The lowest BCUT2D eigenvalue weighted by Gasteiger charge is -2.30. The average molecular weight is 298 g/mol. The molecule has 0 unspecified atom stereocenters. The van der Waals surface area contributed by atoms with E-state index in [0.29, 0.717) is 18.3 Å². The lowest BCUT2D eigenvalue weighted by atomic mass is 10.1. The van der Waals surface area contributed by atoms with E-state index in [2.05, 4.69) is 0 Å². The van der Waals surface area contributed by atoms with E-state index in [4.69, 9.17) is 4.74 Å². The summed E-state index contributed by atoms with van der Waals surface area (Å²) in [5.41, 5.74) is 1.45. The molecular weight excluding hydrogens is 275 g/mol. The van der Waals surface area contributed by atoms with E-state index in [-0.39, 0.29) is 5.97 Å². The number of rotatable bonds is 6. The maximum atomic E-state index is 12.9. The third kappa shape index (κ3) is 3.92. The summed E-state index contributed by atoms with van der Waals surface area (Å²) < 4.78 is 21.3. The molecule has 0 bridgehead atoms. The van der Waals surface area contributed by atoms with Crippen molar-refractivity contribution in [2.24, 2.45) is 0 Å². The highest BCUT2D eigenvalue weighted by Gasteiger charge is 2.28. The monoisotopic (exact) mass is 298 g/mol. The summed E-state index contributed by atoms with van der Waals surface area (Å²) in [6.07, 6.45) is 0.441. The van der Waals surface area contributed by atoms with Crippen molar-refractivity contribution in [2.45, 2.75) is 13.1 Å². The van der Waals surface area contributed by atoms with Gasteiger partial charge in [0.15, 0.2) is 0 Å². The maximum Gasteiger partial charge on any atom is 0.338 e. The Hall–Kier alpha value is -1.16. The minimum atomic E-state index is -2.59. The topological polar surface area (TPSA) is 49.9 Å². The number of benzene rings is 1. The molecule has 1 aromatic rings. The van der Waals surface area contributed by atoms with Crippen LogP contribution in [0.3, 0.4) is 0 Å². The first-order chi connectivity index (χ1) is 9.31. The van der Waals surface area contributed by atoms with Gasteiger partial charge in [0.05, 0.1) is 18.3 Å². The van der Waals surface area contributed by atoms with Crippen LogP contribution in [0.5, 0.6) is 0 Å². The number of hydrogen-bond acceptors (Lipinski definition) is 3. The summed E-state index contributed by atoms with van der Waals surface area (Å²) in [4.78, 5) is 11.6. The predicted octanol–water partition coefficient (Wildman–Crippen LogP) is 2.68. The highest BCUT2D eigenvalue weighted by atomic mass is 31.2. The first-order valence-corrected chi connectivity index (χ1v) is 8.31. The molecule has 20 heavy (non-hydrogen) atoms. The highest BCUT2D eigenvalue weighted by Crippen LogP contribution is 2.52. The van der Waals surface area contributed by atoms with Crippen molar-refractivity contribution in [2.75, 3.05) is 34.8 Å². The van der Waals surface area contributed by atoms with Gasteiger partial charge in [0.2, 0.25) is 7.44 Å². The van der Waals surface area contributed by atoms with Crippen LogP contribution in [0.25, 0.3) is 0 Å². The Morgan fingerprint density at radius 1 is 1.10 bits per heavy atom. The van der Waals surface area contributed by atoms with Crippen molar-refractivity contribution in [3.05, 3.63) is 35.4 Å². The molecule has 0 amide bonds. The summed E-state index contributed by atoms with van der Waals surface area (Å²) in [5, 5.41) is 0. The van der Waals surface area contributed by atoms with Crippen molar-refractivity contribution < 1.29 is 14.1 Å². The van der Waals surface area contributed by atoms with Gasteiger partial charge in [-0.25, -0.2) is 14.1 Å². The van der Waals surface area contributed by atoms with Gasteiger partial charge < -0.3 is 4.74 Å². The van der Waals surface area contributed by atoms with Gasteiger partial charge in [-0.2, -0.15) is 0 Å². The van der Waals surface area contributed by atoms with Crippen LogP contribution in [0.1, 0.15) is 22.8 Å². The highest BCUT2D eigenvalue weighted by molar-refractivity contribution is 7.58. The summed E-state index contributed by atoms with van der Waals surface area (Å²) >= 11 is 0. The fourth-order valence-corrected chi connectivity index (χ4v) is 3.81. The molecule has 112 valence electrons. The number of hydrogen-bond donors (Lipinski definition) is 0. The van der Waals surface area contributed by atoms with Crippen molar-refractivity contribution in [3.8, 4) is 0 Å². The lowest BCUT2D eigenvalue weighted by molar-refractivity contribution is 0.0526. The van der Waals surface area contributed by atoms with E-state index >= 15 is 0 Å². The van der Waals surface area contributed by atoms with Gasteiger partial charge in [-0.3, -0.25) is 4.57 Å². The lowest BCUT2D eigenvalue weighted by Crippen LogP contribution is -2.22. The zero-order chi connectivity index (χ0) is 15.3. The minimum absolute atomic E-state index is 0.331. The molecule has 1 aromatic carbocycles. The normalized spacial score (nSPS) is 11.9. The number of nitrogens with zero attached hydrogens (tertiary/aromatic N) is 2. The van der Waals surface area contributed by atoms with Crippen LogP contribution < -0.4 is 0 Å². The molecule has 0 atom stereocenters. The van der Waals surface area contributed by atoms with Crippen LogP contribution in [-0.2, 0) is 15.5 Å². The Labute approximate surface area is 121 Å². The fourth-order valence-electron chi connectivity index (χ4n) is 1.84. The minimum Gasteiger partial charge on any atom is -0.462 e.